The van der Waals surface area contributed by atoms with Crippen LogP contribution in [0.5, 0.6) is 0 Å². The van der Waals surface area contributed by atoms with E-state index in [1.54, 1.807) is 0 Å². The zero-order valence-electron chi connectivity index (χ0n) is 9.20. The van der Waals surface area contributed by atoms with Gasteiger partial charge in [-0.25, -0.2) is 0 Å². The molecule has 0 saturated carbocycles. The van der Waals surface area contributed by atoms with Gasteiger partial charge in [0.15, 0.2) is 0 Å². The minimum Gasteiger partial charge on any atom is -0.339 e. The van der Waals surface area contributed by atoms with Gasteiger partial charge in [0, 0.05) is 38.5 Å². The number of nitrogens with one attached hydrogen (secondary N) is 1. The molecule has 0 aromatic carbocycles. The van der Waals surface area contributed by atoms with E-state index in [4.69, 9.17) is 6.42 Å². The summed E-state index contributed by atoms with van der Waals surface area (Å²) in [4.78, 5) is 13.9. The lowest BCUT2D eigenvalue weighted by molar-refractivity contribution is -0.132. The fourth-order valence-electron chi connectivity index (χ4n) is 2.82. The van der Waals surface area contributed by atoms with Gasteiger partial charge in [-0.2, -0.15) is 0 Å². The molecule has 0 spiro atoms. The number of carbonyl (C=O) groups is 1. The summed E-state index contributed by atoms with van der Waals surface area (Å²) in [6.45, 7) is 5.20. The standard InChI is InChI=1S/C12H18N2O/c1-3-4-5-12(15)14-8-10-6-13-7-11(10)9(14)2/h1,9-11,13H,4-8H2,2H3. The quantitative estimate of drug-likeness (QED) is 0.666. The number of carbonyl (C=O) groups excluding carboxylic acids is 1. The first-order valence-corrected chi connectivity index (χ1v) is 5.67. The van der Waals surface area contributed by atoms with Crippen molar-refractivity contribution < 1.29 is 4.79 Å². The number of hydrogen-bond donors (Lipinski definition) is 1. The van der Waals surface area contributed by atoms with Crippen LogP contribution < -0.4 is 5.32 Å². The second-order valence-electron chi connectivity index (χ2n) is 4.57. The molecule has 0 aromatic heterocycles. The molecule has 0 radical (unpaired) electrons. The Morgan fingerprint density at radius 3 is 3.07 bits per heavy atom. The van der Waals surface area contributed by atoms with Crippen molar-refractivity contribution in [1.82, 2.24) is 10.2 Å². The highest BCUT2D eigenvalue weighted by Crippen LogP contribution is 2.32. The zero-order chi connectivity index (χ0) is 10.8. The lowest BCUT2D eigenvalue weighted by Gasteiger charge is -2.24. The van der Waals surface area contributed by atoms with Gasteiger partial charge in [-0.05, 0) is 18.8 Å². The summed E-state index contributed by atoms with van der Waals surface area (Å²) in [7, 11) is 0. The van der Waals surface area contributed by atoms with Gasteiger partial charge in [-0.1, -0.05) is 0 Å². The molecule has 3 heteroatoms. The average molecular weight is 206 g/mol. The van der Waals surface area contributed by atoms with Gasteiger partial charge in [-0.15, -0.1) is 12.3 Å². The first kappa shape index (κ1) is 10.5. The average Bonchev–Trinajstić information content (AvgIpc) is 2.78. The SMILES string of the molecule is C#CCCC(=O)N1CC2CNCC2C1C. The summed E-state index contributed by atoms with van der Waals surface area (Å²) in [6.07, 6.45) is 6.24. The molecule has 0 aromatic rings. The number of nitrogens with zero attached hydrogens (tertiary/aromatic N) is 1. The van der Waals surface area contributed by atoms with Crippen LogP contribution in [0.1, 0.15) is 19.8 Å². The molecule has 1 amide bonds. The van der Waals surface area contributed by atoms with Crippen molar-refractivity contribution >= 4 is 5.91 Å². The molecule has 0 aliphatic carbocycles. The number of terminal acetylenes is 1. The summed E-state index contributed by atoms with van der Waals surface area (Å²) >= 11 is 0. The molecular formula is C12H18N2O. The van der Waals surface area contributed by atoms with E-state index in [2.05, 4.69) is 18.2 Å². The molecule has 1 N–H and O–H groups in total. The lowest BCUT2D eigenvalue weighted by atomic mass is 9.95. The normalized spacial score (nSPS) is 33.9. The molecule has 2 rings (SSSR count). The van der Waals surface area contributed by atoms with Crippen LogP contribution in [-0.4, -0.2) is 36.5 Å². The molecule has 3 atom stereocenters. The van der Waals surface area contributed by atoms with Gasteiger partial charge in [0.05, 0.1) is 0 Å². The van der Waals surface area contributed by atoms with Crippen LogP contribution in [-0.2, 0) is 4.79 Å². The first-order valence-electron chi connectivity index (χ1n) is 5.67. The molecule has 2 fully saturated rings. The highest BCUT2D eigenvalue weighted by atomic mass is 16.2. The van der Waals surface area contributed by atoms with Crippen molar-refractivity contribution in [2.45, 2.75) is 25.8 Å². The number of fused-ring (bicyclic) bond motifs is 1. The van der Waals surface area contributed by atoms with Gasteiger partial charge >= 0.3 is 0 Å². The molecule has 3 nitrogen and oxygen atoms in total. The van der Waals surface area contributed by atoms with Crippen molar-refractivity contribution in [2.75, 3.05) is 19.6 Å². The minimum atomic E-state index is 0.231. The van der Waals surface area contributed by atoms with Gasteiger partial charge < -0.3 is 10.2 Å². The van der Waals surface area contributed by atoms with E-state index >= 15 is 0 Å². The van der Waals surface area contributed by atoms with Crippen LogP contribution in [0.25, 0.3) is 0 Å². The number of rotatable bonds is 2. The third-order valence-corrected chi connectivity index (χ3v) is 3.74. The van der Waals surface area contributed by atoms with E-state index in [-0.39, 0.29) is 5.91 Å². The van der Waals surface area contributed by atoms with E-state index in [1.807, 2.05) is 4.90 Å². The molecular weight excluding hydrogens is 188 g/mol. The lowest BCUT2D eigenvalue weighted by Crippen LogP contribution is -2.37. The second-order valence-corrected chi connectivity index (χ2v) is 4.57. The van der Waals surface area contributed by atoms with E-state index < -0.39 is 0 Å². The van der Waals surface area contributed by atoms with Gasteiger partial charge in [-0.3, -0.25) is 4.79 Å². The largest absolute Gasteiger partial charge is 0.339 e. The van der Waals surface area contributed by atoms with Gasteiger partial charge in [0.25, 0.3) is 0 Å². The number of hydrogen-bond acceptors (Lipinski definition) is 2. The van der Waals surface area contributed by atoms with Crippen molar-refractivity contribution in [2.24, 2.45) is 11.8 Å². The van der Waals surface area contributed by atoms with Crippen molar-refractivity contribution in [1.29, 1.82) is 0 Å². The Bertz CT molecular complexity index is 294. The third kappa shape index (κ3) is 1.87. The Hall–Kier alpha value is -1.01. The Balaban J connectivity index is 1.95. The molecule has 2 aliphatic rings. The van der Waals surface area contributed by atoms with Crippen molar-refractivity contribution in [3.8, 4) is 12.3 Å². The van der Waals surface area contributed by atoms with Crippen LogP contribution >= 0.6 is 0 Å². The molecule has 2 saturated heterocycles. The third-order valence-electron chi connectivity index (χ3n) is 3.74. The van der Waals surface area contributed by atoms with Crippen molar-refractivity contribution in [3.05, 3.63) is 0 Å². The molecule has 15 heavy (non-hydrogen) atoms. The Labute approximate surface area is 91.2 Å². The maximum absolute atomic E-state index is 11.9. The van der Waals surface area contributed by atoms with Crippen LogP contribution in [0.2, 0.25) is 0 Å². The summed E-state index contributed by atoms with van der Waals surface area (Å²) in [6, 6.07) is 0.385. The van der Waals surface area contributed by atoms with E-state index in [0.717, 1.165) is 19.6 Å². The highest BCUT2D eigenvalue weighted by molar-refractivity contribution is 5.77. The second kappa shape index (κ2) is 4.24. The van der Waals surface area contributed by atoms with E-state index in [0.29, 0.717) is 30.7 Å². The Morgan fingerprint density at radius 2 is 2.40 bits per heavy atom. The summed E-state index contributed by atoms with van der Waals surface area (Å²) < 4.78 is 0. The van der Waals surface area contributed by atoms with E-state index in [1.165, 1.54) is 0 Å². The van der Waals surface area contributed by atoms with Crippen LogP contribution in [0.4, 0.5) is 0 Å². The predicted octanol–water partition coefficient (Wildman–Crippen LogP) is 0.466. The zero-order valence-corrected chi connectivity index (χ0v) is 9.20. The molecule has 2 aliphatic heterocycles. The number of likely N-dealkylation sites (tertiary alicyclic amines) is 1. The fraction of sp³-hybridized carbons (Fsp3) is 0.750. The van der Waals surface area contributed by atoms with Gasteiger partial charge in [0.1, 0.15) is 0 Å². The fourth-order valence-corrected chi connectivity index (χ4v) is 2.82. The van der Waals surface area contributed by atoms with Crippen LogP contribution in [0, 0.1) is 24.2 Å². The Morgan fingerprint density at radius 1 is 1.60 bits per heavy atom. The van der Waals surface area contributed by atoms with Crippen LogP contribution in [0.15, 0.2) is 0 Å². The monoisotopic (exact) mass is 206 g/mol. The smallest absolute Gasteiger partial charge is 0.223 e. The maximum Gasteiger partial charge on any atom is 0.223 e. The summed E-state index contributed by atoms with van der Waals surface area (Å²) in [5, 5.41) is 3.39. The van der Waals surface area contributed by atoms with E-state index in [9.17, 15) is 4.79 Å². The molecule has 3 unspecified atom stereocenters. The summed E-state index contributed by atoms with van der Waals surface area (Å²) in [5.74, 6) is 4.07. The molecule has 82 valence electrons. The molecule has 2 heterocycles. The number of amides is 1. The Kier molecular flexibility index (Phi) is 2.97. The maximum atomic E-state index is 11.9. The predicted molar refractivity (Wildman–Crippen MR) is 59.1 cm³/mol. The highest BCUT2D eigenvalue weighted by Gasteiger charge is 2.43. The van der Waals surface area contributed by atoms with Crippen molar-refractivity contribution in [3.63, 3.8) is 0 Å². The minimum absolute atomic E-state index is 0.231. The van der Waals surface area contributed by atoms with Crippen LogP contribution in [0.3, 0.4) is 0 Å². The first-order chi connectivity index (χ1) is 7.24. The van der Waals surface area contributed by atoms with Gasteiger partial charge in [0.2, 0.25) is 5.91 Å². The summed E-state index contributed by atoms with van der Waals surface area (Å²) in [5.41, 5.74) is 0. The molecule has 0 bridgehead atoms. The topological polar surface area (TPSA) is 32.3 Å².